The van der Waals surface area contributed by atoms with Crippen LogP contribution < -0.4 is 24.0 Å². The van der Waals surface area contributed by atoms with Crippen molar-refractivity contribution in [3.8, 4) is 11.5 Å². The second kappa shape index (κ2) is 10.1. The van der Waals surface area contributed by atoms with E-state index in [2.05, 4.69) is 10.2 Å². The second-order valence-corrected chi connectivity index (χ2v) is 9.72. The van der Waals surface area contributed by atoms with Gasteiger partial charge in [0.2, 0.25) is 15.9 Å². The third-order valence-electron chi connectivity index (χ3n) is 5.57. The number of ether oxygens (including phenoxy) is 2. The van der Waals surface area contributed by atoms with Crippen LogP contribution in [0, 0.1) is 0 Å². The average Bonchev–Trinajstić information content (AvgIpc) is 2.79. The predicted molar refractivity (Wildman–Crippen MR) is 127 cm³/mol. The molecule has 0 bridgehead atoms. The van der Waals surface area contributed by atoms with Crippen LogP contribution in [0.15, 0.2) is 42.5 Å². The van der Waals surface area contributed by atoms with Crippen LogP contribution in [0.4, 0.5) is 17.1 Å². The van der Waals surface area contributed by atoms with E-state index >= 15 is 0 Å². The van der Waals surface area contributed by atoms with E-state index in [1.54, 1.807) is 12.1 Å². The van der Waals surface area contributed by atoms with E-state index in [1.165, 1.54) is 46.5 Å². The molecule has 0 aliphatic carbocycles. The van der Waals surface area contributed by atoms with Crippen molar-refractivity contribution < 1.29 is 22.7 Å². The van der Waals surface area contributed by atoms with E-state index in [1.807, 2.05) is 24.3 Å². The molecule has 32 heavy (non-hydrogen) atoms. The standard InChI is InChI=1S/C23H31N3O5S/c1-17(26(32(4,28)29)21-16-20(30-2)12-13-22(21)31-3)23(27)24-18-8-10-19(11-9-18)25-14-6-5-7-15-25/h8-13,16-17H,5-7,14-15H2,1-4H3,(H,24,27)/t17-/m1/s1. The Kier molecular flexibility index (Phi) is 7.50. The number of sulfonamides is 1. The van der Waals surface area contributed by atoms with E-state index in [-0.39, 0.29) is 5.69 Å². The maximum Gasteiger partial charge on any atom is 0.247 e. The predicted octanol–water partition coefficient (Wildman–Crippen LogP) is 3.49. The summed E-state index contributed by atoms with van der Waals surface area (Å²) in [5.74, 6) is 0.322. The first-order valence-electron chi connectivity index (χ1n) is 10.6. The molecule has 0 spiro atoms. The van der Waals surface area contributed by atoms with Crippen molar-refractivity contribution in [1.29, 1.82) is 0 Å². The van der Waals surface area contributed by atoms with E-state index in [0.717, 1.165) is 29.3 Å². The summed E-state index contributed by atoms with van der Waals surface area (Å²) in [4.78, 5) is 15.3. The first-order chi connectivity index (χ1) is 15.2. The first kappa shape index (κ1) is 23.7. The van der Waals surface area contributed by atoms with Crippen LogP contribution in [0.1, 0.15) is 26.2 Å². The number of hydrogen-bond acceptors (Lipinski definition) is 6. The lowest BCUT2D eigenvalue weighted by Crippen LogP contribution is -2.45. The molecular weight excluding hydrogens is 430 g/mol. The molecule has 1 aliphatic heterocycles. The van der Waals surface area contributed by atoms with Gasteiger partial charge in [-0.15, -0.1) is 0 Å². The number of hydrogen-bond donors (Lipinski definition) is 1. The van der Waals surface area contributed by atoms with Crippen molar-refractivity contribution in [3.63, 3.8) is 0 Å². The maximum atomic E-state index is 13.0. The number of benzene rings is 2. The first-order valence-corrected chi connectivity index (χ1v) is 12.5. The van der Waals surface area contributed by atoms with Gasteiger partial charge in [0.15, 0.2) is 0 Å². The Balaban J connectivity index is 1.82. The molecule has 0 aromatic heterocycles. The number of nitrogens with one attached hydrogen (secondary N) is 1. The summed E-state index contributed by atoms with van der Waals surface area (Å²) >= 11 is 0. The number of rotatable bonds is 8. The highest BCUT2D eigenvalue weighted by molar-refractivity contribution is 7.92. The zero-order valence-electron chi connectivity index (χ0n) is 19.0. The Labute approximate surface area is 190 Å². The van der Waals surface area contributed by atoms with Gasteiger partial charge < -0.3 is 19.7 Å². The maximum absolute atomic E-state index is 13.0. The van der Waals surface area contributed by atoms with Crippen molar-refractivity contribution in [3.05, 3.63) is 42.5 Å². The molecule has 1 atom stereocenters. The summed E-state index contributed by atoms with van der Waals surface area (Å²) in [5, 5.41) is 2.82. The molecule has 0 radical (unpaired) electrons. The normalized spacial score (nSPS) is 15.1. The molecule has 2 aromatic rings. The molecule has 1 amide bonds. The van der Waals surface area contributed by atoms with Gasteiger partial charge in [-0.25, -0.2) is 8.42 Å². The molecule has 3 rings (SSSR count). The lowest BCUT2D eigenvalue weighted by atomic mass is 10.1. The van der Waals surface area contributed by atoms with Crippen LogP contribution in [0.5, 0.6) is 11.5 Å². The number of carbonyl (C=O) groups excluding carboxylic acids is 1. The quantitative estimate of drug-likeness (QED) is 0.648. The van der Waals surface area contributed by atoms with Crippen LogP contribution >= 0.6 is 0 Å². The highest BCUT2D eigenvalue weighted by Gasteiger charge is 2.31. The van der Waals surface area contributed by atoms with E-state index in [9.17, 15) is 13.2 Å². The number of nitrogens with zero attached hydrogens (tertiary/aromatic N) is 2. The third-order valence-corrected chi connectivity index (χ3v) is 6.80. The zero-order valence-corrected chi connectivity index (χ0v) is 19.8. The topological polar surface area (TPSA) is 88.2 Å². The SMILES string of the molecule is COc1ccc(OC)c(N([C@H](C)C(=O)Nc2ccc(N3CCCCC3)cc2)S(C)(=O)=O)c1. The molecule has 0 saturated carbocycles. The summed E-state index contributed by atoms with van der Waals surface area (Å²) in [6.45, 7) is 3.61. The Hall–Kier alpha value is -2.94. The van der Waals surface area contributed by atoms with Gasteiger partial charge in [-0.05, 0) is 62.6 Å². The fourth-order valence-corrected chi connectivity index (χ4v) is 5.07. The smallest absolute Gasteiger partial charge is 0.247 e. The lowest BCUT2D eigenvalue weighted by Gasteiger charge is -2.30. The molecule has 1 fully saturated rings. The second-order valence-electron chi connectivity index (χ2n) is 7.86. The van der Waals surface area contributed by atoms with E-state index < -0.39 is 22.0 Å². The summed E-state index contributed by atoms with van der Waals surface area (Å²) in [5.41, 5.74) is 1.96. The largest absolute Gasteiger partial charge is 0.497 e. The van der Waals surface area contributed by atoms with Crippen LogP contribution in [0.3, 0.4) is 0 Å². The molecule has 2 aromatic carbocycles. The van der Waals surface area contributed by atoms with Gasteiger partial charge in [0.05, 0.1) is 26.2 Å². The molecule has 1 aliphatic rings. The van der Waals surface area contributed by atoms with Crippen molar-refractivity contribution in [2.75, 3.05) is 48.1 Å². The van der Waals surface area contributed by atoms with E-state index in [4.69, 9.17) is 9.47 Å². The van der Waals surface area contributed by atoms with Crippen molar-refractivity contribution >= 4 is 33.0 Å². The molecule has 1 N–H and O–H groups in total. The Morgan fingerprint density at radius 3 is 2.25 bits per heavy atom. The molecule has 1 saturated heterocycles. The monoisotopic (exact) mass is 461 g/mol. The van der Waals surface area contributed by atoms with Gasteiger partial charge in [0.25, 0.3) is 0 Å². The Bertz CT molecular complexity index is 1030. The van der Waals surface area contributed by atoms with Crippen molar-refractivity contribution in [1.82, 2.24) is 0 Å². The highest BCUT2D eigenvalue weighted by Crippen LogP contribution is 2.35. The van der Waals surface area contributed by atoms with Gasteiger partial charge in [0, 0.05) is 30.5 Å². The zero-order chi connectivity index (χ0) is 23.3. The van der Waals surface area contributed by atoms with Crippen molar-refractivity contribution in [2.24, 2.45) is 0 Å². The Morgan fingerprint density at radius 1 is 1.03 bits per heavy atom. The van der Waals surface area contributed by atoms with Gasteiger partial charge >= 0.3 is 0 Å². The molecule has 1 heterocycles. The van der Waals surface area contributed by atoms with Crippen LogP contribution in [0.25, 0.3) is 0 Å². The summed E-state index contributed by atoms with van der Waals surface area (Å²) < 4.78 is 36.9. The van der Waals surface area contributed by atoms with Gasteiger partial charge in [-0.3, -0.25) is 9.10 Å². The fraction of sp³-hybridized carbons (Fsp3) is 0.435. The van der Waals surface area contributed by atoms with Gasteiger partial charge in [-0.1, -0.05) is 0 Å². The van der Waals surface area contributed by atoms with Crippen LogP contribution in [-0.4, -0.2) is 53.9 Å². The molecular formula is C23H31N3O5S. The van der Waals surface area contributed by atoms with Crippen molar-refractivity contribution in [2.45, 2.75) is 32.2 Å². The summed E-state index contributed by atoms with van der Waals surface area (Å²) in [6, 6.07) is 11.4. The van der Waals surface area contributed by atoms with Crippen LogP contribution in [0.2, 0.25) is 0 Å². The number of anilines is 3. The average molecular weight is 462 g/mol. The minimum absolute atomic E-state index is 0.234. The molecule has 8 nitrogen and oxygen atoms in total. The lowest BCUT2D eigenvalue weighted by molar-refractivity contribution is -0.116. The fourth-order valence-electron chi connectivity index (χ4n) is 3.90. The number of piperidine rings is 1. The number of amides is 1. The summed E-state index contributed by atoms with van der Waals surface area (Å²) in [6.07, 6.45) is 4.69. The van der Waals surface area contributed by atoms with E-state index in [0.29, 0.717) is 17.2 Å². The van der Waals surface area contributed by atoms with Gasteiger partial charge in [-0.2, -0.15) is 0 Å². The molecule has 174 valence electrons. The summed E-state index contributed by atoms with van der Waals surface area (Å²) in [7, 11) is -0.872. The highest BCUT2D eigenvalue weighted by atomic mass is 32.2. The number of methoxy groups -OCH3 is 2. The Morgan fingerprint density at radius 2 is 1.69 bits per heavy atom. The van der Waals surface area contributed by atoms with Gasteiger partial charge in [0.1, 0.15) is 17.5 Å². The molecule has 0 unspecified atom stereocenters. The molecule has 9 heteroatoms. The minimum Gasteiger partial charge on any atom is -0.497 e. The third kappa shape index (κ3) is 5.45. The minimum atomic E-state index is -3.80. The number of carbonyl (C=O) groups is 1. The van der Waals surface area contributed by atoms with Crippen LogP contribution in [-0.2, 0) is 14.8 Å².